The Morgan fingerprint density at radius 3 is 2.00 bits per heavy atom. The van der Waals surface area contributed by atoms with Crippen LogP contribution in [-0.4, -0.2) is 44.2 Å². The topological polar surface area (TPSA) is 147 Å². The summed E-state index contributed by atoms with van der Waals surface area (Å²) >= 11 is 0. The second-order valence-electron chi connectivity index (χ2n) is 2.30. The molecule has 0 saturated carbocycles. The third-order valence-corrected chi connectivity index (χ3v) is 5.29. The first-order valence-corrected chi connectivity index (χ1v) is 6.37. The Morgan fingerprint density at radius 2 is 1.79 bits per heavy atom. The summed E-state index contributed by atoms with van der Waals surface area (Å²) in [5.74, 6) is 0. The monoisotopic (exact) mass is 251 g/mol. The summed E-state index contributed by atoms with van der Waals surface area (Å²) < 4.78 is 22.8. The SMILES string of the molecule is COP(=O)(O)[N+]([O-])(CCO)P(=O)(O)O. The second kappa shape index (κ2) is 4.36. The number of aliphatic hydroxyl groups is 1. The summed E-state index contributed by atoms with van der Waals surface area (Å²) in [4.78, 5) is 26.1. The van der Waals surface area contributed by atoms with Gasteiger partial charge in [-0.1, -0.05) is 0 Å². The highest BCUT2D eigenvalue weighted by Crippen LogP contribution is 2.67. The van der Waals surface area contributed by atoms with Crippen LogP contribution < -0.4 is 0 Å². The molecule has 0 aromatic rings. The van der Waals surface area contributed by atoms with E-state index < -0.39 is 32.8 Å². The molecule has 9 nitrogen and oxygen atoms in total. The van der Waals surface area contributed by atoms with E-state index in [1.54, 1.807) is 0 Å². The summed E-state index contributed by atoms with van der Waals surface area (Å²) in [6.45, 7) is -2.09. The molecule has 0 amide bonds. The molecule has 0 bridgehead atoms. The minimum Gasteiger partial charge on any atom is -0.620 e. The highest BCUT2D eigenvalue weighted by molar-refractivity contribution is 7.59. The van der Waals surface area contributed by atoms with Gasteiger partial charge >= 0.3 is 15.5 Å². The predicted octanol–water partition coefficient (Wildman–Crippen LogP) is -0.867. The lowest BCUT2D eigenvalue weighted by molar-refractivity contribution is -0.657. The Balaban J connectivity index is 5.33. The molecule has 4 N–H and O–H groups in total. The zero-order valence-corrected chi connectivity index (χ0v) is 8.97. The van der Waals surface area contributed by atoms with Gasteiger partial charge in [-0.15, -0.1) is 0 Å². The lowest BCUT2D eigenvalue weighted by atomic mass is 10.7. The fourth-order valence-electron chi connectivity index (χ4n) is 0.662. The van der Waals surface area contributed by atoms with Crippen molar-refractivity contribution in [3.8, 4) is 0 Å². The van der Waals surface area contributed by atoms with Gasteiger partial charge in [-0.3, -0.25) is 19.2 Å². The van der Waals surface area contributed by atoms with Gasteiger partial charge in [-0.2, -0.15) is 4.19 Å². The quantitative estimate of drug-likeness (QED) is 0.364. The van der Waals surface area contributed by atoms with Gasteiger partial charge < -0.3 is 10.3 Å². The first-order valence-electron chi connectivity index (χ1n) is 3.27. The molecule has 11 heteroatoms. The number of quaternary nitrogens is 1. The van der Waals surface area contributed by atoms with Crippen molar-refractivity contribution in [2.45, 2.75) is 0 Å². The van der Waals surface area contributed by atoms with Crippen LogP contribution in [0.2, 0.25) is 0 Å². The van der Waals surface area contributed by atoms with Gasteiger partial charge in [0.1, 0.15) is 6.54 Å². The molecule has 2 atom stereocenters. The van der Waals surface area contributed by atoms with Gasteiger partial charge in [0, 0.05) is 0 Å². The fourth-order valence-corrected chi connectivity index (χ4v) is 3.01. The molecule has 0 spiro atoms. The van der Waals surface area contributed by atoms with Crippen molar-refractivity contribution in [1.29, 1.82) is 0 Å². The molecular weight excluding hydrogens is 240 g/mol. The van der Waals surface area contributed by atoms with Gasteiger partial charge in [0.2, 0.25) is 0 Å². The van der Waals surface area contributed by atoms with Crippen LogP contribution >= 0.6 is 15.5 Å². The largest absolute Gasteiger partial charge is 0.620 e. The third kappa shape index (κ3) is 2.40. The van der Waals surface area contributed by atoms with Crippen LogP contribution in [0.25, 0.3) is 0 Å². The molecule has 0 aromatic heterocycles. The van der Waals surface area contributed by atoms with E-state index in [2.05, 4.69) is 4.52 Å². The summed E-state index contributed by atoms with van der Waals surface area (Å²) in [6, 6.07) is 0. The van der Waals surface area contributed by atoms with E-state index in [-0.39, 0.29) is 0 Å². The highest BCUT2D eigenvalue weighted by atomic mass is 31.3. The van der Waals surface area contributed by atoms with Crippen LogP contribution in [0.1, 0.15) is 0 Å². The summed E-state index contributed by atoms with van der Waals surface area (Å²) in [5.41, 5.74) is 0. The zero-order valence-electron chi connectivity index (χ0n) is 7.18. The van der Waals surface area contributed by atoms with E-state index >= 15 is 0 Å². The normalized spacial score (nSPS) is 21.3. The fraction of sp³-hybridized carbons (Fsp3) is 1.00. The molecule has 0 heterocycles. The summed E-state index contributed by atoms with van der Waals surface area (Å²) in [5, 5.41) is 19.7. The molecule has 0 fully saturated rings. The Hall–Kier alpha value is 0.180. The van der Waals surface area contributed by atoms with E-state index in [1.807, 2.05) is 0 Å². The first-order chi connectivity index (χ1) is 6.12. The van der Waals surface area contributed by atoms with Gasteiger partial charge in [0.25, 0.3) is 0 Å². The Morgan fingerprint density at radius 1 is 1.36 bits per heavy atom. The molecule has 0 aliphatic heterocycles. The van der Waals surface area contributed by atoms with Crippen molar-refractivity contribution in [2.24, 2.45) is 0 Å². The third-order valence-electron chi connectivity index (χ3n) is 1.43. The van der Waals surface area contributed by atoms with Crippen LogP contribution in [0.5, 0.6) is 0 Å². The smallest absolute Gasteiger partial charge is 0.535 e. The van der Waals surface area contributed by atoms with Crippen molar-refractivity contribution in [3.05, 3.63) is 5.21 Å². The average molecular weight is 251 g/mol. The molecule has 0 radical (unpaired) electrons. The van der Waals surface area contributed by atoms with Crippen LogP contribution in [0.15, 0.2) is 0 Å². The first kappa shape index (κ1) is 14.2. The van der Waals surface area contributed by atoms with E-state index in [9.17, 15) is 14.3 Å². The Bertz CT molecular complexity index is 286. The van der Waals surface area contributed by atoms with Crippen LogP contribution in [0.3, 0.4) is 0 Å². The standard InChI is InChI=1S/C3H11NO8P2/c1-12-14(10,11)4(6,2-3-5)13(7,8)9/h5H,2-3H2,1H3,(H,10,11)(H2,7,8,9). The zero-order chi connectivity index (χ0) is 11.6. The number of rotatable bonds is 5. The molecule has 0 aromatic carbocycles. The van der Waals surface area contributed by atoms with Crippen molar-refractivity contribution in [3.63, 3.8) is 0 Å². The predicted molar refractivity (Wildman–Crippen MR) is 44.5 cm³/mol. The number of hydrogen-bond acceptors (Lipinski definition) is 5. The molecular formula is C3H11NO8P2. The molecule has 0 aliphatic rings. The maximum atomic E-state index is 11.4. The molecule has 0 rings (SSSR count). The lowest BCUT2D eigenvalue weighted by Crippen LogP contribution is -2.37. The maximum Gasteiger partial charge on any atom is 0.535 e. The Labute approximate surface area is 79.5 Å². The molecule has 0 aliphatic carbocycles. The lowest BCUT2D eigenvalue weighted by Gasteiger charge is -2.40. The van der Waals surface area contributed by atoms with Gasteiger partial charge in [0.05, 0.1) is 13.7 Å². The molecule has 0 saturated heterocycles. The van der Waals surface area contributed by atoms with Crippen molar-refractivity contribution in [1.82, 2.24) is 0 Å². The van der Waals surface area contributed by atoms with Gasteiger partial charge in [-0.05, 0) is 0 Å². The number of hydrogen-bond donors (Lipinski definition) is 4. The Kier molecular flexibility index (Phi) is 4.41. The van der Waals surface area contributed by atoms with Crippen LogP contribution in [0, 0.1) is 5.21 Å². The number of hydroxylamine groups is 1. The molecule has 2 unspecified atom stereocenters. The molecule has 86 valence electrons. The van der Waals surface area contributed by atoms with E-state index in [4.69, 9.17) is 19.8 Å². The summed E-state index contributed by atoms with van der Waals surface area (Å²) in [6.07, 6.45) is 0. The van der Waals surface area contributed by atoms with Crippen LogP contribution in [0.4, 0.5) is 0 Å². The molecule has 14 heavy (non-hydrogen) atoms. The highest BCUT2D eigenvalue weighted by Gasteiger charge is 2.53. The van der Waals surface area contributed by atoms with Crippen molar-refractivity contribution >= 4 is 15.5 Å². The van der Waals surface area contributed by atoms with E-state index in [0.29, 0.717) is 7.11 Å². The second-order valence-corrected chi connectivity index (χ2v) is 6.28. The summed E-state index contributed by atoms with van der Waals surface area (Å²) in [7, 11) is -9.87. The minimum atomic E-state index is -5.46. The average Bonchev–Trinajstić information content (AvgIpc) is 2.02. The van der Waals surface area contributed by atoms with Crippen molar-refractivity contribution in [2.75, 3.05) is 20.3 Å². The number of aliphatic hydroxyl groups excluding tert-OH is 1. The van der Waals surface area contributed by atoms with Crippen molar-refractivity contribution < 1.29 is 37.6 Å². The van der Waals surface area contributed by atoms with Gasteiger partial charge in [-0.25, -0.2) is 9.13 Å². The van der Waals surface area contributed by atoms with Crippen LogP contribution in [-0.2, 0) is 13.7 Å². The number of nitrogens with zero attached hydrogens (tertiary/aromatic N) is 1. The van der Waals surface area contributed by atoms with Gasteiger partial charge in [0.15, 0.2) is 0 Å². The maximum absolute atomic E-state index is 11.4. The van der Waals surface area contributed by atoms with E-state index in [1.165, 1.54) is 0 Å². The van der Waals surface area contributed by atoms with E-state index in [0.717, 1.165) is 0 Å². The minimum absolute atomic E-state index is 0.665.